The summed E-state index contributed by atoms with van der Waals surface area (Å²) >= 11 is 6.03. The molecule has 1 aromatic rings. The maximum absolute atomic E-state index is 12.3. The van der Waals surface area contributed by atoms with Crippen LogP contribution in [0.1, 0.15) is 33.1 Å². The number of nitrogens with one attached hydrogen (secondary N) is 1. The molecule has 1 aliphatic carbocycles. The van der Waals surface area contributed by atoms with Crippen LogP contribution in [-0.2, 0) is 6.54 Å². The standard InChI is InChI=1S/C13H20ClN3O2/c1-8(5-9(2)18)16-12-11(14)6-15-17(13(12)19)7-10-3-4-10/h6,8-10,16,18H,3-5,7H2,1-2H3. The molecule has 0 bridgehead atoms. The minimum Gasteiger partial charge on any atom is -0.393 e. The van der Waals surface area contributed by atoms with Gasteiger partial charge in [0.2, 0.25) is 0 Å². The molecular formula is C13H20ClN3O2. The maximum atomic E-state index is 12.3. The predicted molar refractivity (Wildman–Crippen MR) is 75.6 cm³/mol. The average molecular weight is 286 g/mol. The number of aliphatic hydroxyl groups is 1. The molecule has 0 aliphatic heterocycles. The van der Waals surface area contributed by atoms with Gasteiger partial charge in [0.25, 0.3) is 5.56 Å². The summed E-state index contributed by atoms with van der Waals surface area (Å²) in [5.74, 6) is 0.578. The van der Waals surface area contributed by atoms with Crippen molar-refractivity contribution in [2.45, 2.75) is 51.8 Å². The lowest BCUT2D eigenvalue weighted by molar-refractivity contribution is 0.179. The summed E-state index contributed by atoms with van der Waals surface area (Å²) in [4.78, 5) is 12.3. The van der Waals surface area contributed by atoms with Gasteiger partial charge in [0, 0.05) is 12.6 Å². The first-order chi connectivity index (χ1) is 8.97. The van der Waals surface area contributed by atoms with Crippen molar-refractivity contribution in [2.75, 3.05) is 5.32 Å². The van der Waals surface area contributed by atoms with Crippen molar-refractivity contribution < 1.29 is 5.11 Å². The van der Waals surface area contributed by atoms with Gasteiger partial charge in [0.15, 0.2) is 0 Å². The molecule has 2 unspecified atom stereocenters. The van der Waals surface area contributed by atoms with Crippen LogP contribution >= 0.6 is 11.6 Å². The number of hydrogen-bond donors (Lipinski definition) is 2. The Morgan fingerprint density at radius 3 is 2.84 bits per heavy atom. The van der Waals surface area contributed by atoms with Crippen LogP contribution in [-0.4, -0.2) is 27.0 Å². The Bertz CT molecular complexity index is 497. The Morgan fingerprint density at radius 1 is 1.58 bits per heavy atom. The second-order valence-electron chi connectivity index (χ2n) is 5.43. The molecule has 1 aromatic heterocycles. The zero-order valence-electron chi connectivity index (χ0n) is 11.3. The third kappa shape index (κ3) is 3.94. The predicted octanol–water partition coefficient (Wildman–Crippen LogP) is 1.88. The van der Waals surface area contributed by atoms with Gasteiger partial charge in [-0.25, -0.2) is 4.68 Å². The molecule has 1 heterocycles. The first-order valence-electron chi connectivity index (χ1n) is 6.67. The molecule has 0 radical (unpaired) electrons. The second-order valence-corrected chi connectivity index (χ2v) is 5.84. The summed E-state index contributed by atoms with van der Waals surface area (Å²) in [6.07, 6.45) is 3.97. The number of hydrogen-bond acceptors (Lipinski definition) is 4. The van der Waals surface area contributed by atoms with Gasteiger partial charge in [-0.2, -0.15) is 5.10 Å². The Labute approximate surface area is 117 Å². The van der Waals surface area contributed by atoms with E-state index in [4.69, 9.17) is 11.6 Å². The molecule has 2 atom stereocenters. The van der Waals surface area contributed by atoms with E-state index in [1.165, 1.54) is 10.9 Å². The van der Waals surface area contributed by atoms with Gasteiger partial charge in [-0.3, -0.25) is 4.79 Å². The van der Waals surface area contributed by atoms with Gasteiger partial charge < -0.3 is 10.4 Å². The smallest absolute Gasteiger partial charge is 0.291 e. The lowest BCUT2D eigenvalue weighted by Crippen LogP contribution is -2.30. The minimum absolute atomic E-state index is 0.0259. The van der Waals surface area contributed by atoms with E-state index in [9.17, 15) is 9.90 Å². The highest BCUT2D eigenvalue weighted by atomic mass is 35.5. The summed E-state index contributed by atoms with van der Waals surface area (Å²) < 4.78 is 1.47. The van der Waals surface area contributed by atoms with E-state index in [0.717, 1.165) is 12.8 Å². The van der Waals surface area contributed by atoms with Gasteiger partial charge >= 0.3 is 0 Å². The van der Waals surface area contributed by atoms with Gasteiger partial charge in [0.1, 0.15) is 5.69 Å². The summed E-state index contributed by atoms with van der Waals surface area (Å²) in [6.45, 7) is 4.29. The van der Waals surface area contributed by atoms with Crippen molar-refractivity contribution >= 4 is 17.3 Å². The fourth-order valence-corrected chi connectivity index (χ4v) is 2.27. The van der Waals surface area contributed by atoms with Crippen LogP contribution in [0, 0.1) is 5.92 Å². The van der Waals surface area contributed by atoms with Crippen LogP contribution < -0.4 is 10.9 Å². The van der Waals surface area contributed by atoms with Crippen molar-refractivity contribution in [1.82, 2.24) is 9.78 Å². The van der Waals surface area contributed by atoms with Crippen LogP contribution in [0.3, 0.4) is 0 Å². The SMILES string of the molecule is CC(O)CC(C)Nc1c(Cl)cnn(CC2CC2)c1=O. The number of rotatable bonds is 6. The number of anilines is 1. The zero-order valence-corrected chi connectivity index (χ0v) is 12.0. The Balaban J connectivity index is 2.15. The van der Waals surface area contributed by atoms with Gasteiger partial charge in [-0.1, -0.05) is 11.6 Å². The van der Waals surface area contributed by atoms with Crippen LogP contribution in [0.25, 0.3) is 0 Å². The van der Waals surface area contributed by atoms with Gasteiger partial charge in [-0.15, -0.1) is 0 Å². The highest BCUT2D eigenvalue weighted by Gasteiger charge is 2.23. The number of nitrogens with zero attached hydrogens (tertiary/aromatic N) is 2. The molecule has 0 aromatic carbocycles. The fourth-order valence-electron chi connectivity index (χ4n) is 2.09. The number of aromatic nitrogens is 2. The summed E-state index contributed by atoms with van der Waals surface area (Å²) in [5, 5.41) is 16.8. The Kier molecular flexibility index (Phi) is 4.47. The molecule has 2 N–H and O–H groups in total. The molecule has 2 rings (SSSR count). The van der Waals surface area contributed by atoms with Crippen LogP contribution in [0.5, 0.6) is 0 Å². The molecule has 0 amide bonds. The summed E-state index contributed by atoms with van der Waals surface area (Å²) in [6, 6.07) is -0.0259. The monoisotopic (exact) mass is 285 g/mol. The summed E-state index contributed by atoms with van der Waals surface area (Å²) in [5.41, 5.74) is 0.197. The molecule has 6 heteroatoms. The normalized spacial score (nSPS) is 18.1. The highest BCUT2D eigenvalue weighted by Crippen LogP contribution is 2.30. The molecule has 5 nitrogen and oxygen atoms in total. The molecule has 0 spiro atoms. The van der Waals surface area contributed by atoms with Crippen LogP contribution in [0.4, 0.5) is 5.69 Å². The molecule has 106 valence electrons. The third-order valence-electron chi connectivity index (χ3n) is 3.21. The Hall–Kier alpha value is -1.07. The molecule has 19 heavy (non-hydrogen) atoms. The fraction of sp³-hybridized carbons (Fsp3) is 0.692. The van der Waals surface area contributed by atoms with Gasteiger partial charge in [-0.05, 0) is 39.0 Å². The first kappa shape index (κ1) is 14.3. The third-order valence-corrected chi connectivity index (χ3v) is 3.50. The van der Waals surface area contributed by atoms with Crippen molar-refractivity contribution in [3.8, 4) is 0 Å². The molecule has 0 saturated heterocycles. The lowest BCUT2D eigenvalue weighted by Gasteiger charge is -2.17. The summed E-state index contributed by atoms with van der Waals surface area (Å²) in [7, 11) is 0. The zero-order chi connectivity index (χ0) is 14.0. The molecule has 1 saturated carbocycles. The molecule has 1 aliphatic rings. The Morgan fingerprint density at radius 2 is 2.26 bits per heavy atom. The minimum atomic E-state index is -0.420. The van der Waals surface area contributed by atoms with Gasteiger partial charge in [0.05, 0.1) is 17.3 Å². The first-order valence-corrected chi connectivity index (χ1v) is 7.05. The number of aliphatic hydroxyl groups excluding tert-OH is 1. The lowest BCUT2D eigenvalue weighted by atomic mass is 10.1. The molecular weight excluding hydrogens is 266 g/mol. The van der Waals surface area contributed by atoms with Crippen LogP contribution in [0.2, 0.25) is 5.02 Å². The maximum Gasteiger partial charge on any atom is 0.291 e. The van der Waals surface area contributed by atoms with Crippen molar-refractivity contribution in [2.24, 2.45) is 5.92 Å². The van der Waals surface area contributed by atoms with E-state index in [1.807, 2.05) is 6.92 Å². The van der Waals surface area contributed by atoms with E-state index in [2.05, 4.69) is 10.4 Å². The van der Waals surface area contributed by atoms with Crippen molar-refractivity contribution in [3.63, 3.8) is 0 Å². The van der Waals surface area contributed by atoms with Crippen LogP contribution in [0.15, 0.2) is 11.0 Å². The quantitative estimate of drug-likeness (QED) is 0.837. The van der Waals surface area contributed by atoms with E-state index in [0.29, 0.717) is 29.6 Å². The van der Waals surface area contributed by atoms with Crippen molar-refractivity contribution in [1.29, 1.82) is 0 Å². The molecule has 1 fully saturated rings. The second kappa shape index (κ2) is 5.92. The van der Waals surface area contributed by atoms with E-state index < -0.39 is 6.10 Å². The topological polar surface area (TPSA) is 67.2 Å². The largest absolute Gasteiger partial charge is 0.393 e. The number of halogens is 1. The average Bonchev–Trinajstić information content (AvgIpc) is 3.11. The van der Waals surface area contributed by atoms with E-state index in [-0.39, 0.29) is 11.6 Å². The highest BCUT2D eigenvalue weighted by molar-refractivity contribution is 6.33. The van der Waals surface area contributed by atoms with E-state index >= 15 is 0 Å². The van der Waals surface area contributed by atoms with Crippen molar-refractivity contribution in [3.05, 3.63) is 21.6 Å². The van der Waals surface area contributed by atoms with E-state index in [1.54, 1.807) is 6.92 Å².